The van der Waals surface area contributed by atoms with Crippen molar-refractivity contribution in [3.05, 3.63) is 24.3 Å². The van der Waals surface area contributed by atoms with Crippen LogP contribution in [0, 0.1) is 0 Å². The molecule has 0 aliphatic carbocycles. The quantitative estimate of drug-likeness (QED) is 0.720. The molecule has 0 saturated carbocycles. The van der Waals surface area contributed by atoms with Crippen LogP contribution in [0.5, 0.6) is 11.5 Å². The third-order valence-electron chi connectivity index (χ3n) is 2.02. The Morgan fingerprint density at radius 2 is 1.69 bits per heavy atom. The van der Waals surface area contributed by atoms with Gasteiger partial charge in [-0.05, 0) is 31.2 Å². The molecule has 90 valence electrons. The highest BCUT2D eigenvalue weighted by Crippen LogP contribution is 2.47. The maximum Gasteiger partial charge on any atom is 0.378 e. The van der Waals surface area contributed by atoms with Gasteiger partial charge in [0.2, 0.25) is 0 Å². The van der Waals surface area contributed by atoms with Crippen LogP contribution in [0.1, 0.15) is 13.8 Å². The van der Waals surface area contributed by atoms with Crippen molar-refractivity contribution < 1.29 is 18.3 Å². The van der Waals surface area contributed by atoms with E-state index >= 15 is 0 Å². The molecule has 0 N–H and O–H groups in total. The van der Waals surface area contributed by atoms with E-state index in [2.05, 4.69) is 0 Å². The molecule has 0 fully saturated rings. The molecule has 4 nitrogen and oxygen atoms in total. The van der Waals surface area contributed by atoms with Gasteiger partial charge in [0.05, 0.1) is 19.9 Å². The molecule has 1 aromatic rings. The fraction of sp³-hybridized carbons (Fsp3) is 0.455. The van der Waals surface area contributed by atoms with Gasteiger partial charge in [0.15, 0.2) is 0 Å². The normalized spacial score (nSPS) is 14.2. The standard InChI is InChI=1S/C11H17O4P/c1-4-14-16(12,5-2)15-11-8-6-10(13-3)7-9-11/h6-9H,4-5H2,1-3H3. The van der Waals surface area contributed by atoms with Crippen LogP contribution < -0.4 is 9.26 Å². The largest absolute Gasteiger partial charge is 0.497 e. The highest BCUT2D eigenvalue weighted by molar-refractivity contribution is 7.54. The molecule has 0 aromatic heterocycles. The average molecular weight is 244 g/mol. The second-order valence-corrected chi connectivity index (χ2v) is 5.41. The van der Waals surface area contributed by atoms with Crippen LogP contribution in [0.2, 0.25) is 0 Å². The highest BCUT2D eigenvalue weighted by Gasteiger charge is 2.22. The smallest absolute Gasteiger partial charge is 0.378 e. The molecule has 5 heteroatoms. The molecule has 0 aliphatic heterocycles. The van der Waals surface area contributed by atoms with Crippen molar-refractivity contribution in [3.63, 3.8) is 0 Å². The summed E-state index contributed by atoms with van der Waals surface area (Å²) >= 11 is 0. The molecule has 0 bridgehead atoms. The molecule has 0 radical (unpaired) electrons. The zero-order chi connectivity index (χ0) is 12.0. The van der Waals surface area contributed by atoms with E-state index < -0.39 is 7.60 Å². The van der Waals surface area contributed by atoms with E-state index in [9.17, 15) is 4.57 Å². The topological polar surface area (TPSA) is 44.8 Å². The summed E-state index contributed by atoms with van der Waals surface area (Å²) in [4.78, 5) is 0. The highest BCUT2D eigenvalue weighted by atomic mass is 31.2. The van der Waals surface area contributed by atoms with Crippen LogP contribution >= 0.6 is 7.60 Å². The van der Waals surface area contributed by atoms with Crippen molar-refractivity contribution in [1.82, 2.24) is 0 Å². The number of hydrogen-bond acceptors (Lipinski definition) is 4. The lowest BCUT2D eigenvalue weighted by atomic mass is 10.3. The van der Waals surface area contributed by atoms with Gasteiger partial charge in [-0.15, -0.1) is 0 Å². The van der Waals surface area contributed by atoms with E-state index in [1.807, 2.05) is 0 Å². The van der Waals surface area contributed by atoms with E-state index in [1.165, 1.54) is 0 Å². The number of methoxy groups -OCH3 is 1. The average Bonchev–Trinajstić information content (AvgIpc) is 2.30. The number of ether oxygens (including phenoxy) is 1. The molecular weight excluding hydrogens is 227 g/mol. The van der Waals surface area contributed by atoms with Crippen molar-refractivity contribution in [2.24, 2.45) is 0 Å². The fourth-order valence-electron chi connectivity index (χ4n) is 1.18. The molecule has 0 saturated heterocycles. The van der Waals surface area contributed by atoms with Crippen LogP contribution in [0.15, 0.2) is 24.3 Å². The minimum Gasteiger partial charge on any atom is -0.497 e. The van der Waals surface area contributed by atoms with Crippen molar-refractivity contribution in [2.75, 3.05) is 19.9 Å². The first-order valence-electron chi connectivity index (χ1n) is 5.20. The summed E-state index contributed by atoms with van der Waals surface area (Å²) in [5.74, 6) is 1.26. The third kappa shape index (κ3) is 3.54. The summed E-state index contributed by atoms with van der Waals surface area (Å²) in [7, 11) is -1.40. The lowest BCUT2D eigenvalue weighted by molar-refractivity contribution is 0.280. The fourth-order valence-corrected chi connectivity index (χ4v) is 2.38. The predicted octanol–water partition coefficient (Wildman–Crippen LogP) is 3.32. The van der Waals surface area contributed by atoms with Crippen LogP contribution in [0.3, 0.4) is 0 Å². The van der Waals surface area contributed by atoms with Gasteiger partial charge in [-0.1, -0.05) is 6.92 Å². The van der Waals surface area contributed by atoms with Gasteiger partial charge >= 0.3 is 7.60 Å². The van der Waals surface area contributed by atoms with E-state index in [0.717, 1.165) is 5.75 Å². The minimum atomic E-state index is -2.99. The maximum atomic E-state index is 12.0. The van der Waals surface area contributed by atoms with Gasteiger partial charge in [0, 0.05) is 0 Å². The zero-order valence-electron chi connectivity index (χ0n) is 9.80. The maximum absolute atomic E-state index is 12.0. The molecule has 0 aliphatic rings. The summed E-state index contributed by atoms with van der Waals surface area (Å²) < 4.78 is 27.6. The Balaban J connectivity index is 2.74. The summed E-state index contributed by atoms with van der Waals surface area (Å²) in [5, 5.41) is 0. The first-order valence-corrected chi connectivity index (χ1v) is 6.93. The van der Waals surface area contributed by atoms with Gasteiger partial charge in [-0.25, -0.2) is 4.57 Å². The molecule has 1 aromatic carbocycles. The van der Waals surface area contributed by atoms with Crippen molar-refractivity contribution in [3.8, 4) is 11.5 Å². The van der Waals surface area contributed by atoms with Gasteiger partial charge in [-0.3, -0.25) is 0 Å². The molecule has 16 heavy (non-hydrogen) atoms. The van der Waals surface area contributed by atoms with Crippen molar-refractivity contribution in [1.29, 1.82) is 0 Å². The Bertz CT molecular complexity index is 361. The van der Waals surface area contributed by atoms with Crippen molar-refractivity contribution in [2.45, 2.75) is 13.8 Å². The first kappa shape index (κ1) is 13.1. The number of benzene rings is 1. The second-order valence-electron chi connectivity index (χ2n) is 3.11. The van der Waals surface area contributed by atoms with E-state index in [4.69, 9.17) is 13.8 Å². The molecule has 1 rings (SSSR count). The van der Waals surface area contributed by atoms with E-state index in [0.29, 0.717) is 18.5 Å². The van der Waals surface area contributed by atoms with E-state index in [-0.39, 0.29) is 0 Å². The van der Waals surface area contributed by atoms with E-state index in [1.54, 1.807) is 45.2 Å². The number of hydrogen-bond donors (Lipinski definition) is 0. The first-order chi connectivity index (χ1) is 7.63. The molecule has 0 spiro atoms. The Labute approximate surface area is 96.1 Å². The summed E-state index contributed by atoms with van der Waals surface area (Å²) in [6.45, 7) is 3.95. The van der Waals surface area contributed by atoms with Gasteiger partial charge in [0.1, 0.15) is 11.5 Å². The molecule has 1 unspecified atom stereocenters. The predicted molar refractivity (Wildman–Crippen MR) is 63.4 cm³/mol. The summed E-state index contributed by atoms with van der Waals surface area (Å²) in [5.41, 5.74) is 0. The van der Waals surface area contributed by atoms with Crippen LogP contribution in [0.4, 0.5) is 0 Å². The van der Waals surface area contributed by atoms with Crippen LogP contribution in [0.25, 0.3) is 0 Å². The lowest BCUT2D eigenvalue weighted by Gasteiger charge is -2.17. The van der Waals surface area contributed by atoms with Crippen LogP contribution in [-0.4, -0.2) is 19.9 Å². The summed E-state index contributed by atoms with van der Waals surface area (Å²) in [6, 6.07) is 6.92. The van der Waals surface area contributed by atoms with Gasteiger partial charge < -0.3 is 13.8 Å². The van der Waals surface area contributed by atoms with Crippen molar-refractivity contribution >= 4 is 7.60 Å². The van der Waals surface area contributed by atoms with Gasteiger partial charge in [-0.2, -0.15) is 0 Å². The summed E-state index contributed by atoms with van der Waals surface area (Å²) in [6.07, 6.45) is 0.354. The molecule has 0 heterocycles. The Morgan fingerprint density at radius 3 is 2.12 bits per heavy atom. The second kappa shape index (κ2) is 5.92. The monoisotopic (exact) mass is 244 g/mol. The third-order valence-corrected chi connectivity index (χ3v) is 3.93. The molecule has 0 amide bonds. The van der Waals surface area contributed by atoms with Gasteiger partial charge in [0.25, 0.3) is 0 Å². The Hall–Kier alpha value is -0.990. The minimum absolute atomic E-state index is 0.354. The van der Waals surface area contributed by atoms with Crippen LogP contribution in [-0.2, 0) is 9.09 Å². The zero-order valence-corrected chi connectivity index (χ0v) is 10.7. The molecule has 1 atom stereocenters. The SMILES string of the molecule is CCOP(=O)(CC)Oc1ccc(OC)cc1. The lowest BCUT2D eigenvalue weighted by Crippen LogP contribution is -2.00. The number of rotatable bonds is 6. The Morgan fingerprint density at radius 1 is 1.12 bits per heavy atom. The molecular formula is C11H17O4P. The Kier molecular flexibility index (Phi) is 4.84.